The van der Waals surface area contributed by atoms with Gasteiger partial charge in [-0.05, 0) is 57.1 Å². The fraction of sp³-hybridized carbons (Fsp3) is 0.667. The van der Waals surface area contributed by atoms with Crippen LogP contribution in [0.2, 0.25) is 0 Å². The van der Waals surface area contributed by atoms with Gasteiger partial charge < -0.3 is 19.9 Å². The normalized spacial score (nSPS) is 19.7. The van der Waals surface area contributed by atoms with Crippen LogP contribution < -0.4 is 14.8 Å². The maximum atomic E-state index is 10.0. The number of rotatable bonds is 10. The smallest absolute Gasteiger partial charge is 0.119 e. The highest BCUT2D eigenvalue weighted by Gasteiger charge is 2.22. The molecule has 1 aromatic rings. The Kier molecular flexibility index (Phi) is 7.65. The summed E-state index contributed by atoms with van der Waals surface area (Å²) < 4.78 is 11.0. The SMILES string of the molecule is CCOc1ccc(OC[C@H](O)CNC[C@@H]2CCCN2CC)cc1. The number of likely N-dealkylation sites (N-methyl/N-ethyl adjacent to an activating group) is 1. The van der Waals surface area contributed by atoms with Crippen LogP contribution in [0.4, 0.5) is 0 Å². The van der Waals surface area contributed by atoms with Crippen LogP contribution in [0.1, 0.15) is 26.7 Å². The maximum absolute atomic E-state index is 10.0. The van der Waals surface area contributed by atoms with Crippen molar-refractivity contribution in [3.63, 3.8) is 0 Å². The quantitative estimate of drug-likeness (QED) is 0.689. The van der Waals surface area contributed by atoms with Crippen LogP contribution >= 0.6 is 0 Å². The number of ether oxygens (including phenoxy) is 2. The number of hydrogen-bond donors (Lipinski definition) is 2. The molecule has 2 rings (SSSR count). The molecular formula is C18H30N2O3. The van der Waals surface area contributed by atoms with E-state index in [-0.39, 0.29) is 0 Å². The van der Waals surface area contributed by atoms with E-state index < -0.39 is 6.10 Å². The topological polar surface area (TPSA) is 54.0 Å². The minimum atomic E-state index is -0.502. The molecule has 1 saturated heterocycles. The second-order valence-corrected chi connectivity index (χ2v) is 5.95. The van der Waals surface area contributed by atoms with Crippen molar-refractivity contribution >= 4 is 0 Å². The van der Waals surface area contributed by atoms with E-state index in [1.165, 1.54) is 19.4 Å². The average molecular weight is 322 g/mol. The summed E-state index contributed by atoms with van der Waals surface area (Å²) in [6.07, 6.45) is 2.03. The molecule has 0 radical (unpaired) electrons. The molecule has 1 fully saturated rings. The molecule has 2 atom stereocenters. The van der Waals surface area contributed by atoms with Gasteiger partial charge in [0.25, 0.3) is 0 Å². The Bertz CT molecular complexity index is 438. The molecule has 23 heavy (non-hydrogen) atoms. The van der Waals surface area contributed by atoms with Crippen LogP contribution in [0, 0.1) is 0 Å². The van der Waals surface area contributed by atoms with E-state index in [1.54, 1.807) is 0 Å². The standard InChI is InChI=1S/C18H30N2O3/c1-3-20-11-5-6-15(20)12-19-13-16(21)14-23-18-9-7-17(8-10-18)22-4-2/h7-10,15-16,19,21H,3-6,11-14H2,1-2H3/t15-,16+/m0/s1. The van der Waals surface area contributed by atoms with Crippen LogP contribution in [0.15, 0.2) is 24.3 Å². The molecular weight excluding hydrogens is 292 g/mol. The molecule has 0 aliphatic carbocycles. The molecule has 5 nitrogen and oxygen atoms in total. The van der Waals surface area contributed by atoms with Crippen molar-refractivity contribution in [2.75, 3.05) is 39.4 Å². The van der Waals surface area contributed by atoms with Crippen LogP contribution in [0.5, 0.6) is 11.5 Å². The van der Waals surface area contributed by atoms with Crippen LogP contribution in [-0.4, -0.2) is 61.5 Å². The van der Waals surface area contributed by atoms with Gasteiger partial charge in [0, 0.05) is 19.1 Å². The van der Waals surface area contributed by atoms with Gasteiger partial charge in [0.2, 0.25) is 0 Å². The number of hydrogen-bond acceptors (Lipinski definition) is 5. The first-order valence-electron chi connectivity index (χ1n) is 8.71. The summed E-state index contributed by atoms with van der Waals surface area (Å²) in [4.78, 5) is 2.50. The zero-order valence-electron chi connectivity index (χ0n) is 14.3. The van der Waals surface area contributed by atoms with Crippen molar-refractivity contribution in [2.24, 2.45) is 0 Å². The highest BCUT2D eigenvalue weighted by atomic mass is 16.5. The van der Waals surface area contributed by atoms with Crippen molar-refractivity contribution in [1.82, 2.24) is 10.2 Å². The molecule has 1 aliphatic heterocycles. The molecule has 0 spiro atoms. The lowest BCUT2D eigenvalue weighted by Gasteiger charge is -2.23. The van der Waals surface area contributed by atoms with Crippen molar-refractivity contribution in [2.45, 2.75) is 38.8 Å². The van der Waals surface area contributed by atoms with Gasteiger partial charge >= 0.3 is 0 Å². The molecule has 0 aromatic heterocycles. The molecule has 130 valence electrons. The van der Waals surface area contributed by atoms with E-state index in [9.17, 15) is 5.11 Å². The third-order valence-corrected chi connectivity index (χ3v) is 4.24. The first-order chi connectivity index (χ1) is 11.2. The summed E-state index contributed by atoms with van der Waals surface area (Å²) in [7, 11) is 0. The van der Waals surface area contributed by atoms with Gasteiger partial charge in [-0.25, -0.2) is 0 Å². The Labute approximate surface area is 139 Å². The highest BCUT2D eigenvalue weighted by molar-refractivity contribution is 5.31. The summed E-state index contributed by atoms with van der Waals surface area (Å²) in [5.41, 5.74) is 0. The van der Waals surface area contributed by atoms with E-state index in [2.05, 4.69) is 17.1 Å². The molecule has 0 saturated carbocycles. The van der Waals surface area contributed by atoms with Gasteiger partial charge in [0.1, 0.15) is 24.2 Å². The lowest BCUT2D eigenvalue weighted by Crippen LogP contribution is -2.41. The van der Waals surface area contributed by atoms with Gasteiger partial charge in [0.05, 0.1) is 6.61 Å². The molecule has 0 bridgehead atoms. The fourth-order valence-electron chi connectivity index (χ4n) is 3.01. The van der Waals surface area contributed by atoms with E-state index in [0.717, 1.165) is 24.6 Å². The van der Waals surface area contributed by atoms with Gasteiger partial charge in [-0.15, -0.1) is 0 Å². The molecule has 2 N–H and O–H groups in total. The Morgan fingerprint density at radius 1 is 1.22 bits per heavy atom. The molecule has 1 aromatic carbocycles. The van der Waals surface area contributed by atoms with E-state index in [0.29, 0.717) is 25.8 Å². The minimum Gasteiger partial charge on any atom is -0.494 e. The van der Waals surface area contributed by atoms with Crippen LogP contribution in [0.25, 0.3) is 0 Å². The second kappa shape index (κ2) is 9.75. The zero-order valence-corrected chi connectivity index (χ0v) is 14.3. The molecule has 0 amide bonds. The largest absolute Gasteiger partial charge is 0.494 e. The zero-order chi connectivity index (χ0) is 16.5. The number of aliphatic hydroxyl groups excluding tert-OH is 1. The van der Waals surface area contributed by atoms with Gasteiger partial charge in [-0.2, -0.15) is 0 Å². The first-order valence-corrected chi connectivity index (χ1v) is 8.71. The molecule has 5 heteroatoms. The molecule has 1 aliphatic rings. The molecule has 0 unspecified atom stereocenters. The summed E-state index contributed by atoms with van der Waals surface area (Å²) >= 11 is 0. The first kappa shape index (κ1) is 18.0. The maximum Gasteiger partial charge on any atom is 0.119 e. The molecule has 1 heterocycles. The summed E-state index contributed by atoms with van der Waals surface area (Å²) in [5.74, 6) is 1.58. The summed E-state index contributed by atoms with van der Waals surface area (Å²) in [6, 6.07) is 8.09. The minimum absolute atomic E-state index is 0.295. The number of likely N-dealkylation sites (tertiary alicyclic amines) is 1. The average Bonchev–Trinajstić information content (AvgIpc) is 3.02. The number of nitrogens with zero attached hydrogens (tertiary/aromatic N) is 1. The van der Waals surface area contributed by atoms with Crippen molar-refractivity contribution in [3.05, 3.63) is 24.3 Å². The van der Waals surface area contributed by atoms with Crippen molar-refractivity contribution in [1.29, 1.82) is 0 Å². The van der Waals surface area contributed by atoms with E-state index in [4.69, 9.17) is 9.47 Å². The van der Waals surface area contributed by atoms with Gasteiger partial charge in [-0.1, -0.05) is 6.92 Å². The van der Waals surface area contributed by atoms with Crippen LogP contribution in [0.3, 0.4) is 0 Å². The van der Waals surface area contributed by atoms with E-state index >= 15 is 0 Å². The third-order valence-electron chi connectivity index (χ3n) is 4.24. The fourth-order valence-corrected chi connectivity index (χ4v) is 3.01. The Hall–Kier alpha value is -1.30. The van der Waals surface area contributed by atoms with Crippen LogP contribution in [-0.2, 0) is 0 Å². The number of nitrogens with one attached hydrogen (secondary N) is 1. The lowest BCUT2D eigenvalue weighted by atomic mass is 10.2. The monoisotopic (exact) mass is 322 g/mol. The Morgan fingerprint density at radius 3 is 2.57 bits per heavy atom. The van der Waals surface area contributed by atoms with E-state index in [1.807, 2.05) is 31.2 Å². The highest BCUT2D eigenvalue weighted by Crippen LogP contribution is 2.18. The second-order valence-electron chi connectivity index (χ2n) is 5.95. The predicted octanol–water partition coefficient (Wildman–Crippen LogP) is 1.90. The number of benzene rings is 1. The Balaban J connectivity index is 1.62. The van der Waals surface area contributed by atoms with Crippen molar-refractivity contribution < 1.29 is 14.6 Å². The predicted molar refractivity (Wildman–Crippen MR) is 92.3 cm³/mol. The van der Waals surface area contributed by atoms with Crippen molar-refractivity contribution in [3.8, 4) is 11.5 Å². The van der Waals surface area contributed by atoms with Gasteiger partial charge in [0.15, 0.2) is 0 Å². The third kappa shape index (κ3) is 6.01. The van der Waals surface area contributed by atoms with Gasteiger partial charge in [-0.3, -0.25) is 4.90 Å². The summed E-state index contributed by atoms with van der Waals surface area (Å²) in [5, 5.41) is 13.4. The lowest BCUT2D eigenvalue weighted by molar-refractivity contribution is 0.104. The Morgan fingerprint density at radius 2 is 1.91 bits per heavy atom. The summed E-state index contributed by atoms with van der Waals surface area (Å²) in [6.45, 7) is 8.92. The number of aliphatic hydroxyl groups is 1.